The van der Waals surface area contributed by atoms with Gasteiger partial charge in [-0.15, -0.1) is 0 Å². The lowest BCUT2D eigenvalue weighted by atomic mass is 9.79. The maximum atomic E-state index is 12.5. The van der Waals surface area contributed by atoms with Gasteiger partial charge in [0.15, 0.2) is 0 Å². The molecule has 6 nitrogen and oxygen atoms in total. The normalized spacial score (nSPS) is 13.8. The molecule has 8 heteroatoms. The van der Waals surface area contributed by atoms with E-state index in [0.29, 0.717) is 23.5 Å². The maximum absolute atomic E-state index is 12.5. The van der Waals surface area contributed by atoms with Crippen molar-refractivity contribution >= 4 is 28.3 Å². The molecule has 0 saturated heterocycles. The number of ether oxygens (including phenoxy) is 1. The fraction of sp³-hybridized carbons (Fsp3) is 0.200. The number of fused-ring (bicyclic) bond motifs is 1. The van der Waals surface area contributed by atoms with Gasteiger partial charge < -0.3 is 14.4 Å². The number of rotatable bonds is 4. The molecule has 1 aliphatic rings. The van der Waals surface area contributed by atoms with Gasteiger partial charge in [-0.3, -0.25) is 4.72 Å². The second-order valence-corrected chi connectivity index (χ2v) is 7.00. The third-order valence-electron chi connectivity index (χ3n) is 3.74. The van der Waals surface area contributed by atoms with Crippen LogP contribution in [0.2, 0.25) is 0 Å². The first-order chi connectivity index (χ1) is 10.9. The standard InChI is InChI=1S/C15H16BNO5S/c1-10-7-13(5-6-15(10)21-2)23(19,20)17-12-4-3-11-9-22-16(18)14(11)8-12/h3-8,17-18H,9H2,1-2H3. The molecule has 0 fully saturated rings. The molecule has 0 radical (unpaired) electrons. The van der Waals surface area contributed by atoms with Crippen molar-refractivity contribution in [3.63, 3.8) is 0 Å². The van der Waals surface area contributed by atoms with E-state index in [2.05, 4.69) is 4.72 Å². The molecule has 3 rings (SSSR count). The van der Waals surface area contributed by atoms with Gasteiger partial charge in [-0.2, -0.15) is 0 Å². The van der Waals surface area contributed by atoms with Crippen LogP contribution >= 0.6 is 0 Å². The van der Waals surface area contributed by atoms with Crippen molar-refractivity contribution in [2.24, 2.45) is 0 Å². The van der Waals surface area contributed by atoms with Crippen LogP contribution in [0.25, 0.3) is 0 Å². The first-order valence-electron chi connectivity index (χ1n) is 7.00. The van der Waals surface area contributed by atoms with Gasteiger partial charge in [-0.05, 0) is 53.8 Å². The van der Waals surface area contributed by atoms with Crippen LogP contribution in [-0.4, -0.2) is 27.7 Å². The molecule has 0 unspecified atom stereocenters. The molecule has 0 bridgehead atoms. The van der Waals surface area contributed by atoms with Crippen molar-refractivity contribution in [3.05, 3.63) is 47.5 Å². The van der Waals surface area contributed by atoms with Gasteiger partial charge in [0, 0.05) is 5.69 Å². The average Bonchev–Trinajstić information content (AvgIpc) is 2.88. The van der Waals surface area contributed by atoms with Gasteiger partial charge in [0.1, 0.15) is 5.75 Å². The van der Waals surface area contributed by atoms with Crippen LogP contribution in [0.15, 0.2) is 41.3 Å². The molecular weight excluding hydrogens is 317 g/mol. The number of aryl methyl sites for hydroxylation is 1. The molecule has 0 saturated carbocycles. The third kappa shape index (κ3) is 3.05. The van der Waals surface area contributed by atoms with E-state index < -0.39 is 17.1 Å². The molecule has 0 amide bonds. The van der Waals surface area contributed by atoms with E-state index >= 15 is 0 Å². The SMILES string of the molecule is COc1ccc(S(=O)(=O)Nc2ccc3c(c2)B(O)OC3)cc1C. The van der Waals surface area contributed by atoms with E-state index in [9.17, 15) is 13.4 Å². The summed E-state index contributed by atoms with van der Waals surface area (Å²) < 4.78 is 37.7. The number of methoxy groups -OCH3 is 1. The second-order valence-electron chi connectivity index (χ2n) is 5.31. The number of hydrogen-bond acceptors (Lipinski definition) is 5. The van der Waals surface area contributed by atoms with Crippen LogP contribution in [0.4, 0.5) is 5.69 Å². The Balaban J connectivity index is 1.90. The topological polar surface area (TPSA) is 84.9 Å². The van der Waals surface area contributed by atoms with Crippen LogP contribution in [0.1, 0.15) is 11.1 Å². The predicted molar refractivity (Wildman–Crippen MR) is 87.4 cm³/mol. The highest BCUT2D eigenvalue weighted by atomic mass is 32.2. The lowest BCUT2D eigenvalue weighted by Gasteiger charge is -2.11. The minimum absolute atomic E-state index is 0.146. The molecule has 2 aromatic rings. The number of benzene rings is 2. The zero-order valence-corrected chi connectivity index (χ0v) is 13.6. The number of hydrogen-bond donors (Lipinski definition) is 2. The minimum atomic E-state index is -3.72. The molecule has 2 N–H and O–H groups in total. The summed E-state index contributed by atoms with van der Waals surface area (Å²) in [6.07, 6.45) is 0. The van der Waals surface area contributed by atoms with Gasteiger partial charge in [-0.25, -0.2) is 8.42 Å². The summed E-state index contributed by atoms with van der Waals surface area (Å²) in [5, 5.41) is 9.70. The molecular formula is C15H16BNO5S. The van der Waals surface area contributed by atoms with Gasteiger partial charge in [0.2, 0.25) is 0 Å². The van der Waals surface area contributed by atoms with Gasteiger partial charge in [-0.1, -0.05) is 6.07 Å². The minimum Gasteiger partial charge on any atom is -0.496 e. The summed E-state index contributed by atoms with van der Waals surface area (Å²) in [6.45, 7) is 2.10. The van der Waals surface area contributed by atoms with Gasteiger partial charge in [0.05, 0.1) is 18.6 Å². The lowest BCUT2D eigenvalue weighted by Crippen LogP contribution is -2.28. The van der Waals surface area contributed by atoms with Crippen molar-refractivity contribution in [2.45, 2.75) is 18.4 Å². The summed E-state index contributed by atoms with van der Waals surface area (Å²) in [5.74, 6) is 0.627. The Bertz CT molecular complexity index is 853. The van der Waals surface area contributed by atoms with Crippen molar-refractivity contribution in [2.75, 3.05) is 11.8 Å². The molecule has 0 spiro atoms. The molecule has 0 atom stereocenters. The quantitative estimate of drug-likeness (QED) is 0.816. The highest BCUT2D eigenvalue weighted by Gasteiger charge is 2.27. The summed E-state index contributed by atoms with van der Waals surface area (Å²) in [4.78, 5) is 0.146. The summed E-state index contributed by atoms with van der Waals surface area (Å²) in [6, 6.07) is 9.62. The van der Waals surface area contributed by atoms with Crippen LogP contribution in [0.5, 0.6) is 5.75 Å². The molecule has 1 heterocycles. The van der Waals surface area contributed by atoms with Crippen molar-refractivity contribution in [1.82, 2.24) is 0 Å². The maximum Gasteiger partial charge on any atom is 0.491 e. The van der Waals surface area contributed by atoms with Crippen molar-refractivity contribution in [1.29, 1.82) is 0 Å². The third-order valence-corrected chi connectivity index (χ3v) is 5.12. The Morgan fingerprint density at radius 3 is 2.74 bits per heavy atom. The van der Waals surface area contributed by atoms with Gasteiger partial charge in [0.25, 0.3) is 10.0 Å². The smallest absolute Gasteiger partial charge is 0.491 e. The Hall–Kier alpha value is -2.03. The van der Waals surface area contributed by atoms with E-state index in [0.717, 1.165) is 11.1 Å². The Labute approximate surface area is 135 Å². The van der Waals surface area contributed by atoms with Gasteiger partial charge >= 0.3 is 7.12 Å². The zero-order chi connectivity index (χ0) is 16.6. The summed E-state index contributed by atoms with van der Waals surface area (Å²) >= 11 is 0. The average molecular weight is 333 g/mol. The summed E-state index contributed by atoms with van der Waals surface area (Å²) in [7, 11) is -3.21. The molecule has 0 aromatic heterocycles. The Morgan fingerprint density at radius 2 is 2.04 bits per heavy atom. The molecule has 120 valence electrons. The van der Waals surface area contributed by atoms with Crippen LogP contribution < -0.4 is 14.9 Å². The van der Waals surface area contributed by atoms with Crippen LogP contribution in [0, 0.1) is 6.92 Å². The Kier molecular flexibility index (Phi) is 4.05. The van der Waals surface area contributed by atoms with E-state index in [1.165, 1.54) is 13.2 Å². The van der Waals surface area contributed by atoms with Crippen molar-refractivity contribution in [3.8, 4) is 5.75 Å². The fourth-order valence-corrected chi connectivity index (χ4v) is 3.64. The van der Waals surface area contributed by atoms with Crippen LogP contribution in [0.3, 0.4) is 0 Å². The molecule has 1 aliphatic heterocycles. The largest absolute Gasteiger partial charge is 0.496 e. The summed E-state index contributed by atoms with van der Waals surface area (Å²) in [5.41, 5.74) is 2.53. The highest BCUT2D eigenvalue weighted by Crippen LogP contribution is 2.23. The fourth-order valence-electron chi connectivity index (χ4n) is 2.51. The monoisotopic (exact) mass is 333 g/mol. The van der Waals surface area contributed by atoms with E-state index in [1.807, 2.05) is 0 Å². The highest BCUT2D eigenvalue weighted by molar-refractivity contribution is 7.92. The van der Waals surface area contributed by atoms with Crippen LogP contribution in [-0.2, 0) is 21.3 Å². The second kappa shape index (κ2) is 5.88. The van der Waals surface area contributed by atoms with E-state index in [4.69, 9.17) is 9.39 Å². The van der Waals surface area contributed by atoms with Crippen molar-refractivity contribution < 1.29 is 22.8 Å². The lowest BCUT2D eigenvalue weighted by molar-refractivity contribution is 0.275. The zero-order valence-electron chi connectivity index (χ0n) is 12.7. The number of sulfonamides is 1. The molecule has 2 aromatic carbocycles. The molecule has 23 heavy (non-hydrogen) atoms. The molecule has 0 aliphatic carbocycles. The number of anilines is 1. The van der Waals surface area contributed by atoms with E-state index in [1.54, 1.807) is 37.3 Å². The predicted octanol–water partition coefficient (Wildman–Crippen LogP) is 1.02. The first kappa shape index (κ1) is 15.9. The van der Waals surface area contributed by atoms with E-state index in [-0.39, 0.29) is 4.90 Å². The first-order valence-corrected chi connectivity index (χ1v) is 8.49. The number of nitrogens with one attached hydrogen (secondary N) is 1. The Morgan fingerprint density at radius 1 is 1.26 bits per heavy atom.